The summed E-state index contributed by atoms with van der Waals surface area (Å²) >= 11 is 0. The van der Waals surface area contributed by atoms with Crippen molar-refractivity contribution in [3.63, 3.8) is 0 Å². The molecule has 3 heterocycles. The van der Waals surface area contributed by atoms with Crippen molar-refractivity contribution in [3.8, 4) is 0 Å². The quantitative estimate of drug-likeness (QED) is 0.793. The van der Waals surface area contributed by atoms with Crippen molar-refractivity contribution in [3.05, 3.63) is 0 Å². The van der Waals surface area contributed by atoms with Gasteiger partial charge in [0.25, 0.3) is 0 Å². The SMILES string of the molecule is CC1CCCN(CC2CCNCC2N2CCNCC2)C1. The van der Waals surface area contributed by atoms with Crippen molar-refractivity contribution >= 4 is 0 Å². The Morgan fingerprint density at radius 3 is 2.65 bits per heavy atom. The monoisotopic (exact) mass is 280 g/mol. The van der Waals surface area contributed by atoms with Crippen molar-refractivity contribution in [2.45, 2.75) is 32.2 Å². The summed E-state index contributed by atoms with van der Waals surface area (Å²) in [4.78, 5) is 5.49. The van der Waals surface area contributed by atoms with Crippen molar-refractivity contribution in [1.82, 2.24) is 20.4 Å². The third kappa shape index (κ3) is 3.73. The van der Waals surface area contributed by atoms with Gasteiger partial charge in [0.1, 0.15) is 0 Å². The number of hydrogen-bond donors (Lipinski definition) is 2. The Hall–Kier alpha value is -0.160. The molecule has 3 atom stereocenters. The molecule has 0 radical (unpaired) electrons. The predicted octanol–water partition coefficient (Wildman–Crippen LogP) is 0.602. The molecule has 4 heteroatoms. The lowest BCUT2D eigenvalue weighted by molar-refractivity contribution is 0.0647. The Morgan fingerprint density at radius 2 is 1.85 bits per heavy atom. The minimum Gasteiger partial charge on any atom is -0.315 e. The van der Waals surface area contributed by atoms with Crippen LogP contribution in [0.25, 0.3) is 0 Å². The molecule has 0 aromatic heterocycles. The van der Waals surface area contributed by atoms with Gasteiger partial charge in [-0.2, -0.15) is 0 Å². The maximum Gasteiger partial charge on any atom is 0.0262 e. The average Bonchev–Trinajstić information content (AvgIpc) is 2.49. The van der Waals surface area contributed by atoms with Crippen LogP contribution in [0, 0.1) is 11.8 Å². The fraction of sp³-hybridized carbons (Fsp3) is 1.00. The molecule has 3 fully saturated rings. The summed E-state index contributed by atoms with van der Waals surface area (Å²) < 4.78 is 0. The molecule has 0 amide bonds. The van der Waals surface area contributed by atoms with Gasteiger partial charge in [0.15, 0.2) is 0 Å². The highest BCUT2D eigenvalue weighted by Crippen LogP contribution is 2.23. The summed E-state index contributed by atoms with van der Waals surface area (Å²) in [5.41, 5.74) is 0. The highest BCUT2D eigenvalue weighted by molar-refractivity contribution is 4.89. The zero-order chi connectivity index (χ0) is 13.8. The fourth-order valence-corrected chi connectivity index (χ4v) is 4.33. The van der Waals surface area contributed by atoms with E-state index in [1.807, 2.05) is 0 Å². The van der Waals surface area contributed by atoms with Crippen molar-refractivity contribution in [1.29, 1.82) is 0 Å². The number of nitrogens with zero attached hydrogens (tertiary/aromatic N) is 2. The van der Waals surface area contributed by atoms with Crippen LogP contribution in [0.2, 0.25) is 0 Å². The standard InChI is InChI=1S/C16H32N4/c1-14-3-2-8-19(12-14)13-15-4-5-18-11-16(15)20-9-6-17-7-10-20/h14-18H,2-13H2,1H3. The summed E-state index contributed by atoms with van der Waals surface area (Å²) in [6, 6.07) is 0.767. The number of nitrogens with one attached hydrogen (secondary N) is 2. The van der Waals surface area contributed by atoms with Crippen LogP contribution in [0.4, 0.5) is 0 Å². The van der Waals surface area contributed by atoms with Gasteiger partial charge in [-0.3, -0.25) is 4.90 Å². The second-order valence-electron chi connectivity index (χ2n) is 7.11. The van der Waals surface area contributed by atoms with Crippen LogP contribution in [0.3, 0.4) is 0 Å². The average molecular weight is 280 g/mol. The Balaban J connectivity index is 1.56. The second-order valence-corrected chi connectivity index (χ2v) is 7.11. The number of likely N-dealkylation sites (tertiary alicyclic amines) is 1. The first-order valence-electron chi connectivity index (χ1n) is 8.71. The lowest BCUT2D eigenvalue weighted by Gasteiger charge is -2.44. The first-order chi connectivity index (χ1) is 9.83. The van der Waals surface area contributed by atoms with E-state index in [9.17, 15) is 0 Å². The molecular formula is C16H32N4. The van der Waals surface area contributed by atoms with Crippen LogP contribution >= 0.6 is 0 Å². The molecule has 20 heavy (non-hydrogen) atoms. The molecule has 3 saturated heterocycles. The van der Waals surface area contributed by atoms with E-state index >= 15 is 0 Å². The fourth-order valence-electron chi connectivity index (χ4n) is 4.33. The van der Waals surface area contributed by atoms with Gasteiger partial charge in [0.05, 0.1) is 0 Å². The summed E-state index contributed by atoms with van der Waals surface area (Å²) in [6.07, 6.45) is 4.20. The third-order valence-corrected chi connectivity index (χ3v) is 5.44. The Morgan fingerprint density at radius 1 is 1.00 bits per heavy atom. The molecule has 0 aromatic carbocycles. The van der Waals surface area contributed by atoms with Crippen LogP contribution in [0.5, 0.6) is 0 Å². The Bertz CT molecular complexity index is 290. The van der Waals surface area contributed by atoms with Crippen molar-refractivity contribution in [2.24, 2.45) is 11.8 Å². The Kier molecular flexibility index (Phi) is 5.32. The largest absolute Gasteiger partial charge is 0.315 e. The number of rotatable bonds is 3. The van der Waals surface area contributed by atoms with Gasteiger partial charge in [-0.1, -0.05) is 6.92 Å². The zero-order valence-corrected chi connectivity index (χ0v) is 13.1. The highest BCUT2D eigenvalue weighted by Gasteiger charge is 2.32. The maximum atomic E-state index is 3.63. The van der Waals surface area contributed by atoms with E-state index in [-0.39, 0.29) is 0 Å². The van der Waals surface area contributed by atoms with Crippen LogP contribution in [0.15, 0.2) is 0 Å². The van der Waals surface area contributed by atoms with Crippen LogP contribution < -0.4 is 10.6 Å². The molecule has 3 aliphatic rings. The number of hydrogen-bond acceptors (Lipinski definition) is 4. The van der Waals surface area contributed by atoms with Gasteiger partial charge >= 0.3 is 0 Å². The molecule has 0 bridgehead atoms. The van der Waals surface area contributed by atoms with Crippen molar-refractivity contribution in [2.75, 3.05) is 58.9 Å². The van der Waals surface area contributed by atoms with Gasteiger partial charge in [-0.05, 0) is 44.2 Å². The normalized spacial score (nSPS) is 38.0. The third-order valence-electron chi connectivity index (χ3n) is 5.44. The highest BCUT2D eigenvalue weighted by atomic mass is 15.2. The summed E-state index contributed by atoms with van der Waals surface area (Å²) in [6.45, 7) is 13.7. The molecule has 3 aliphatic heterocycles. The predicted molar refractivity (Wildman–Crippen MR) is 84.0 cm³/mol. The minimum absolute atomic E-state index is 0.767. The molecule has 116 valence electrons. The van der Waals surface area contributed by atoms with Gasteiger partial charge < -0.3 is 15.5 Å². The topological polar surface area (TPSA) is 30.5 Å². The van der Waals surface area contributed by atoms with E-state index in [0.29, 0.717) is 0 Å². The first kappa shape index (κ1) is 14.8. The summed E-state index contributed by atoms with van der Waals surface area (Å²) in [7, 11) is 0. The van der Waals surface area contributed by atoms with Gasteiger partial charge in [0.2, 0.25) is 0 Å². The van der Waals surface area contributed by atoms with Crippen LogP contribution in [-0.2, 0) is 0 Å². The molecule has 4 nitrogen and oxygen atoms in total. The number of piperazine rings is 1. The lowest BCUT2D eigenvalue weighted by Crippen LogP contribution is -2.58. The lowest BCUT2D eigenvalue weighted by atomic mass is 9.89. The first-order valence-corrected chi connectivity index (χ1v) is 8.71. The van der Waals surface area contributed by atoms with Gasteiger partial charge in [0, 0.05) is 51.9 Å². The van der Waals surface area contributed by atoms with E-state index < -0.39 is 0 Å². The molecule has 2 N–H and O–H groups in total. The molecule has 0 aromatic rings. The van der Waals surface area contributed by atoms with Gasteiger partial charge in [-0.15, -0.1) is 0 Å². The van der Waals surface area contributed by atoms with E-state index in [1.54, 1.807) is 0 Å². The second kappa shape index (κ2) is 7.21. The molecule has 0 saturated carbocycles. The van der Waals surface area contributed by atoms with Crippen molar-refractivity contribution < 1.29 is 0 Å². The molecule has 3 rings (SSSR count). The maximum absolute atomic E-state index is 3.63. The van der Waals surface area contributed by atoms with E-state index in [4.69, 9.17) is 0 Å². The molecular weight excluding hydrogens is 248 g/mol. The summed E-state index contributed by atoms with van der Waals surface area (Å²) in [5, 5.41) is 7.11. The molecule has 0 aliphatic carbocycles. The number of piperidine rings is 2. The van der Waals surface area contributed by atoms with E-state index in [2.05, 4.69) is 27.4 Å². The summed E-state index contributed by atoms with van der Waals surface area (Å²) in [5.74, 6) is 1.78. The van der Waals surface area contributed by atoms with E-state index in [0.717, 1.165) is 17.9 Å². The minimum atomic E-state index is 0.767. The molecule has 3 unspecified atom stereocenters. The van der Waals surface area contributed by atoms with Crippen LogP contribution in [-0.4, -0.2) is 74.7 Å². The smallest absolute Gasteiger partial charge is 0.0262 e. The molecule has 0 spiro atoms. The van der Waals surface area contributed by atoms with Crippen LogP contribution in [0.1, 0.15) is 26.2 Å². The zero-order valence-electron chi connectivity index (χ0n) is 13.1. The van der Waals surface area contributed by atoms with Gasteiger partial charge in [-0.25, -0.2) is 0 Å². The Labute approximate surface area is 124 Å². The van der Waals surface area contributed by atoms with E-state index in [1.165, 1.54) is 78.2 Å².